The summed E-state index contributed by atoms with van der Waals surface area (Å²) in [5.41, 5.74) is 0.323. The highest BCUT2D eigenvalue weighted by Crippen LogP contribution is 2.32. The summed E-state index contributed by atoms with van der Waals surface area (Å²) in [6.07, 6.45) is -0.599. The molecule has 0 saturated carbocycles. The topological polar surface area (TPSA) is 133 Å². The Balaban J connectivity index is 1.49. The van der Waals surface area contributed by atoms with E-state index in [0.29, 0.717) is 48.3 Å². The predicted octanol–water partition coefficient (Wildman–Crippen LogP) is 2.88. The van der Waals surface area contributed by atoms with E-state index in [0.717, 1.165) is 6.07 Å². The summed E-state index contributed by atoms with van der Waals surface area (Å²) in [5.74, 6) is 10.3. The number of hydrogen-bond donors (Lipinski definition) is 5. The molecule has 0 aliphatic carbocycles. The van der Waals surface area contributed by atoms with E-state index >= 15 is 0 Å². The van der Waals surface area contributed by atoms with Gasteiger partial charge >= 0.3 is 6.18 Å². The van der Waals surface area contributed by atoms with Crippen molar-refractivity contribution in [2.75, 3.05) is 38.2 Å². The number of alkyl halides is 3. The van der Waals surface area contributed by atoms with Gasteiger partial charge in [-0.05, 0) is 41.8 Å². The van der Waals surface area contributed by atoms with Crippen molar-refractivity contribution in [1.29, 1.82) is 0 Å². The molecule has 46 heavy (non-hydrogen) atoms. The largest absolute Gasteiger partial charge is 0.489 e. The Morgan fingerprint density at radius 2 is 2.00 bits per heavy atom. The van der Waals surface area contributed by atoms with Gasteiger partial charge in [0.05, 0.1) is 18.8 Å². The van der Waals surface area contributed by atoms with E-state index in [1.807, 2.05) is 0 Å². The van der Waals surface area contributed by atoms with Gasteiger partial charge in [-0.25, -0.2) is 9.38 Å². The van der Waals surface area contributed by atoms with Gasteiger partial charge in [-0.15, -0.1) is 5.92 Å². The van der Waals surface area contributed by atoms with Crippen molar-refractivity contribution < 1.29 is 41.7 Å². The standard InChI is InChI=1S/C32H33F4N5O5/c33-29-9-7-23(16-28(29)32(34,35)36)21-46-30-10-8-25(17-24(30)18-37-11-13-42)41-31(44)6-2-1-4-26-19-40-27(20-39-26)5-3-14-45-15-12-38-22-43/h7-10,16-17,19-20,22,26,37,39,42H,2,6,11-15,18,21H2,(H,38,43)(H,41,44). The molecular formula is C32H33F4N5O5. The van der Waals surface area contributed by atoms with E-state index < -0.39 is 17.6 Å². The average Bonchev–Trinajstić information content (AvgIpc) is 3.03. The summed E-state index contributed by atoms with van der Waals surface area (Å²) in [7, 11) is 0. The van der Waals surface area contributed by atoms with E-state index in [-0.39, 0.29) is 63.3 Å². The van der Waals surface area contributed by atoms with Gasteiger partial charge in [-0.3, -0.25) is 9.59 Å². The molecule has 2 aromatic rings. The fourth-order valence-corrected chi connectivity index (χ4v) is 3.85. The Hall–Kier alpha value is -4.89. The zero-order chi connectivity index (χ0) is 33.2. The van der Waals surface area contributed by atoms with Crippen LogP contribution in [-0.2, 0) is 33.7 Å². The SMILES string of the molecule is O=CNCCOCC#CC1=CNC(C#CCCC(=O)Nc2ccc(OCc3ccc(F)c(C(F)(F)F)c3)c(CNCCO)c2)C=N1. The molecule has 0 aromatic heterocycles. The number of benzene rings is 2. The number of aliphatic imine (C=N–C) groups is 1. The van der Waals surface area contributed by atoms with Gasteiger partial charge in [0.2, 0.25) is 12.3 Å². The number of anilines is 1. The number of amides is 2. The number of ether oxygens (including phenoxy) is 2. The van der Waals surface area contributed by atoms with Gasteiger partial charge in [0.25, 0.3) is 0 Å². The number of carbonyl (C=O) groups is 2. The molecule has 0 bridgehead atoms. The number of nitrogens with one attached hydrogen (secondary N) is 4. The molecule has 3 rings (SSSR count). The van der Waals surface area contributed by atoms with Gasteiger partial charge in [0.1, 0.15) is 36.5 Å². The first-order valence-electron chi connectivity index (χ1n) is 14.1. The van der Waals surface area contributed by atoms with Crippen molar-refractivity contribution in [1.82, 2.24) is 16.0 Å². The van der Waals surface area contributed by atoms with E-state index in [4.69, 9.17) is 14.6 Å². The Kier molecular flexibility index (Phi) is 14.6. The van der Waals surface area contributed by atoms with Crippen LogP contribution in [0.15, 0.2) is 53.3 Å². The zero-order valence-electron chi connectivity index (χ0n) is 24.7. The molecule has 2 amide bonds. The van der Waals surface area contributed by atoms with Crippen molar-refractivity contribution in [2.24, 2.45) is 4.99 Å². The quantitative estimate of drug-likeness (QED) is 0.0873. The number of allylic oxidation sites excluding steroid dienone is 1. The summed E-state index contributed by atoms with van der Waals surface area (Å²) in [6.45, 7) is 1.13. The van der Waals surface area contributed by atoms with E-state index in [2.05, 4.69) is 49.9 Å². The second kappa shape index (κ2) is 18.8. The smallest absolute Gasteiger partial charge is 0.419 e. The van der Waals surface area contributed by atoms with Crippen LogP contribution < -0.4 is 26.0 Å². The lowest BCUT2D eigenvalue weighted by Gasteiger charge is -2.15. The molecule has 1 unspecified atom stereocenters. The lowest BCUT2D eigenvalue weighted by molar-refractivity contribution is -0.140. The monoisotopic (exact) mass is 643 g/mol. The molecule has 0 fully saturated rings. The van der Waals surface area contributed by atoms with Crippen LogP contribution in [0.4, 0.5) is 23.2 Å². The number of carbonyl (C=O) groups excluding carboxylic acids is 2. The second-order valence-corrected chi connectivity index (χ2v) is 9.57. The fourth-order valence-electron chi connectivity index (χ4n) is 3.85. The third-order valence-electron chi connectivity index (χ3n) is 6.04. The number of hydrogen-bond acceptors (Lipinski definition) is 8. The lowest BCUT2D eigenvalue weighted by atomic mass is 10.1. The Bertz CT molecular complexity index is 1520. The Morgan fingerprint density at radius 3 is 2.74 bits per heavy atom. The average molecular weight is 644 g/mol. The summed E-state index contributed by atoms with van der Waals surface area (Å²) >= 11 is 0. The van der Waals surface area contributed by atoms with Crippen LogP contribution >= 0.6 is 0 Å². The predicted molar refractivity (Wildman–Crippen MR) is 163 cm³/mol. The summed E-state index contributed by atoms with van der Waals surface area (Å²) in [4.78, 5) is 26.9. The Labute approximate surface area is 263 Å². The minimum atomic E-state index is -4.84. The molecule has 1 aliphatic rings. The van der Waals surface area contributed by atoms with Gasteiger partial charge < -0.3 is 35.8 Å². The first-order chi connectivity index (χ1) is 22.2. The van der Waals surface area contributed by atoms with Crippen molar-refractivity contribution in [2.45, 2.75) is 38.2 Å². The van der Waals surface area contributed by atoms with Crippen LogP contribution in [0.3, 0.4) is 0 Å². The number of halogens is 4. The molecule has 1 aliphatic heterocycles. The van der Waals surface area contributed by atoms with Gasteiger partial charge in [0, 0.05) is 56.1 Å². The van der Waals surface area contributed by atoms with Crippen LogP contribution in [0.2, 0.25) is 0 Å². The fraction of sp³-hybridized carbons (Fsp3) is 0.344. The molecular weight excluding hydrogens is 610 g/mol. The summed E-state index contributed by atoms with van der Waals surface area (Å²) in [6, 6.07) is 7.14. The molecule has 2 aromatic carbocycles. The maximum Gasteiger partial charge on any atom is 0.419 e. The van der Waals surface area contributed by atoms with Crippen molar-refractivity contribution in [3.63, 3.8) is 0 Å². The molecule has 0 spiro atoms. The first-order valence-corrected chi connectivity index (χ1v) is 14.1. The minimum Gasteiger partial charge on any atom is -0.489 e. The molecule has 0 saturated heterocycles. The molecule has 1 atom stereocenters. The van der Waals surface area contributed by atoms with E-state index in [1.165, 1.54) is 6.07 Å². The highest BCUT2D eigenvalue weighted by molar-refractivity contribution is 5.91. The number of aliphatic hydroxyl groups is 1. The number of nitrogens with zero attached hydrogens (tertiary/aromatic N) is 1. The molecule has 10 nitrogen and oxygen atoms in total. The maximum atomic E-state index is 13.6. The van der Waals surface area contributed by atoms with Crippen LogP contribution in [-0.4, -0.2) is 62.6 Å². The summed E-state index contributed by atoms with van der Waals surface area (Å²) in [5, 5.41) is 20.4. The highest BCUT2D eigenvalue weighted by Gasteiger charge is 2.34. The third-order valence-corrected chi connectivity index (χ3v) is 6.04. The number of rotatable bonds is 15. The molecule has 1 heterocycles. The first kappa shape index (κ1) is 35.6. The minimum absolute atomic E-state index is 0.115. The molecule has 0 radical (unpaired) electrons. The van der Waals surface area contributed by atoms with E-state index in [1.54, 1.807) is 30.6 Å². The molecule has 244 valence electrons. The summed E-state index contributed by atoms with van der Waals surface area (Å²) < 4.78 is 63.8. The maximum absolute atomic E-state index is 13.6. The Morgan fingerprint density at radius 1 is 1.15 bits per heavy atom. The van der Waals surface area contributed by atoms with Gasteiger partial charge in [0.15, 0.2) is 0 Å². The lowest BCUT2D eigenvalue weighted by Crippen LogP contribution is -2.27. The second-order valence-electron chi connectivity index (χ2n) is 9.57. The van der Waals surface area contributed by atoms with Crippen LogP contribution in [0.5, 0.6) is 5.75 Å². The van der Waals surface area contributed by atoms with Crippen molar-refractivity contribution >= 4 is 24.2 Å². The molecule has 14 heteroatoms. The van der Waals surface area contributed by atoms with Crippen LogP contribution in [0, 0.1) is 29.5 Å². The van der Waals surface area contributed by atoms with Crippen LogP contribution in [0.1, 0.15) is 29.5 Å². The van der Waals surface area contributed by atoms with Crippen molar-refractivity contribution in [3.05, 3.63) is 70.8 Å². The third kappa shape index (κ3) is 12.6. The normalized spacial score (nSPS) is 13.7. The highest BCUT2D eigenvalue weighted by atomic mass is 19.4. The zero-order valence-corrected chi connectivity index (χ0v) is 24.7. The van der Waals surface area contributed by atoms with E-state index in [9.17, 15) is 27.2 Å². The molecule has 5 N–H and O–H groups in total. The number of aliphatic hydroxyl groups excluding tert-OH is 1. The van der Waals surface area contributed by atoms with Gasteiger partial charge in [-0.2, -0.15) is 13.2 Å². The van der Waals surface area contributed by atoms with Gasteiger partial charge in [-0.1, -0.05) is 17.9 Å². The van der Waals surface area contributed by atoms with Crippen LogP contribution in [0.25, 0.3) is 0 Å². The van der Waals surface area contributed by atoms with Crippen molar-refractivity contribution in [3.8, 4) is 29.4 Å².